The average Bonchev–Trinajstić information content (AvgIpc) is 2.54. The number of halogens is 2. The molecule has 2 unspecified atom stereocenters. The van der Waals surface area contributed by atoms with Gasteiger partial charge in [-0.2, -0.15) is 0 Å². The van der Waals surface area contributed by atoms with Crippen molar-refractivity contribution in [3.8, 4) is 0 Å². The summed E-state index contributed by atoms with van der Waals surface area (Å²) in [6.45, 7) is -1.98. The van der Waals surface area contributed by atoms with Crippen molar-refractivity contribution in [2.75, 3.05) is 13.0 Å². The fourth-order valence-electron chi connectivity index (χ4n) is 1.82. The highest BCUT2D eigenvalue weighted by Crippen LogP contribution is 2.57. The van der Waals surface area contributed by atoms with Crippen LogP contribution in [0.25, 0.3) is 0 Å². The van der Waals surface area contributed by atoms with Crippen molar-refractivity contribution in [3.05, 3.63) is 34.9 Å². The van der Waals surface area contributed by atoms with Crippen LogP contribution in [0.15, 0.2) is 24.3 Å². The lowest BCUT2D eigenvalue weighted by Crippen LogP contribution is -2.19. The van der Waals surface area contributed by atoms with Gasteiger partial charge in [0, 0.05) is 23.8 Å². The zero-order chi connectivity index (χ0) is 13.4. The van der Waals surface area contributed by atoms with Gasteiger partial charge in [0.15, 0.2) is 0 Å². The Labute approximate surface area is 102 Å². The minimum absolute atomic E-state index is 0. The summed E-state index contributed by atoms with van der Waals surface area (Å²) in [5.74, 6) is -1.84. The van der Waals surface area contributed by atoms with Crippen molar-refractivity contribution in [1.29, 1.82) is 0 Å². The van der Waals surface area contributed by atoms with E-state index in [9.17, 15) is 0 Å². The van der Waals surface area contributed by atoms with E-state index in [4.69, 9.17) is 18.5 Å². The maximum Gasteiger partial charge on any atom is 0.0444 e. The smallest absolute Gasteiger partial charge is 0.0444 e. The Morgan fingerprint density at radius 2 is 2.36 bits per heavy atom. The van der Waals surface area contributed by atoms with E-state index in [-0.39, 0.29) is 19.0 Å². The average molecular weight is 235 g/mol. The van der Waals surface area contributed by atoms with Crippen LogP contribution in [0.4, 0.5) is 0 Å². The Morgan fingerprint density at radius 1 is 1.57 bits per heavy atom. The Kier molecular flexibility index (Phi) is 1.40. The van der Waals surface area contributed by atoms with Crippen LogP contribution >= 0.6 is 24.0 Å². The van der Waals surface area contributed by atoms with Gasteiger partial charge in [0.2, 0.25) is 0 Å². The summed E-state index contributed by atoms with van der Waals surface area (Å²) >= 11 is 6.10. The molecule has 1 aliphatic carbocycles. The maximum atomic E-state index is 8.28. The monoisotopic (exact) mass is 234 g/mol. The van der Waals surface area contributed by atoms with Crippen molar-refractivity contribution >= 4 is 24.0 Å². The Hall–Kier alpha value is -0.240. The molecule has 14 heavy (non-hydrogen) atoms. The normalized spacial score (nSPS) is 51.1. The van der Waals surface area contributed by atoms with Crippen LogP contribution < -0.4 is 5.32 Å². The molecule has 2 fully saturated rings. The molecular weight excluding hydrogens is 217 g/mol. The Morgan fingerprint density at radius 3 is 3.00 bits per heavy atom. The molecule has 1 saturated carbocycles. The largest absolute Gasteiger partial charge is 0.316 e. The van der Waals surface area contributed by atoms with E-state index >= 15 is 0 Å². The maximum absolute atomic E-state index is 8.28. The lowest BCUT2D eigenvalue weighted by atomic mass is 9.95. The summed E-state index contributed by atoms with van der Waals surface area (Å²) in [5.41, 5.74) is -0.692. The highest BCUT2D eigenvalue weighted by molar-refractivity contribution is 6.31. The zero-order valence-corrected chi connectivity index (χ0v) is 8.88. The van der Waals surface area contributed by atoms with Crippen molar-refractivity contribution in [3.63, 3.8) is 0 Å². The Balaban J connectivity index is 0.00000133. The van der Waals surface area contributed by atoms with Crippen LogP contribution in [0.2, 0.25) is 5.02 Å². The summed E-state index contributed by atoms with van der Waals surface area (Å²) in [7, 11) is 0. The molecule has 1 nitrogen and oxygen atoms in total. The summed E-state index contributed by atoms with van der Waals surface area (Å²) < 4.78 is 40.0. The van der Waals surface area contributed by atoms with Crippen molar-refractivity contribution < 1.29 is 6.85 Å². The first kappa shape index (κ1) is 5.74. The molecule has 76 valence electrons. The first-order chi connectivity index (χ1) is 8.22. The molecule has 1 heterocycles. The topological polar surface area (TPSA) is 12.0 Å². The van der Waals surface area contributed by atoms with Crippen molar-refractivity contribution in [1.82, 2.24) is 5.32 Å². The summed E-state index contributed by atoms with van der Waals surface area (Å²) in [6, 6.07) is 6.80. The minimum Gasteiger partial charge on any atom is -0.316 e. The van der Waals surface area contributed by atoms with Gasteiger partial charge >= 0.3 is 0 Å². The van der Waals surface area contributed by atoms with Crippen LogP contribution in [0.5, 0.6) is 0 Å². The number of fused-ring (bicyclic) bond motifs is 1. The van der Waals surface area contributed by atoms with Gasteiger partial charge < -0.3 is 5.32 Å². The van der Waals surface area contributed by atoms with Crippen molar-refractivity contribution in [2.45, 2.75) is 11.8 Å². The molecule has 3 rings (SSSR count). The molecule has 2 atom stereocenters. The van der Waals surface area contributed by atoms with E-state index in [2.05, 4.69) is 5.32 Å². The van der Waals surface area contributed by atoms with Crippen LogP contribution in [-0.4, -0.2) is 13.0 Å². The van der Waals surface area contributed by atoms with Crippen LogP contribution in [-0.2, 0) is 5.41 Å². The zero-order valence-electron chi connectivity index (χ0n) is 12.3. The molecule has 0 radical (unpaired) electrons. The number of benzene rings is 1. The molecule has 1 aromatic carbocycles. The predicted molar refractivity (Wildman–Crippen MR) is 61.4 cm³/mol. The molecule has 1 aliphatic heterocycles. The molecule has 0 amide bonds. The number of hydrogen-bond donors (Lipinski definition) is 1. The van der Waals surface area contributed by atoms with Gasteiger partial charge in [-0.05, 0) is 30.4 Å². The van der Waals surface area contributed by atoms with Crippen LogP contribution in [0.3, 0.4) is 0 Å². The van der Waals surface area contributed by atoms with E-state index in [1.165, 1.54) is 0 Å². The summed E-state index contributed by atoms with van der Waals surface area (Å²) in [4.78, 5) is 0. The van der Waals surface area contributed by atoms with Crippen LogP contribution in [0, 0.1) is 5.89 Å². The molecule has 1 N–H and O–H groups in total. The molecule has 2 aliphatic rings. The summed E-state index contributed by atoms with van der Waals surface area (Å²) in [6.07, 6.45) is -1.93. The van der Waals surface area contributed by atoms with E-state index in [0.29, 0.717) is 10.6 Å². The highest BCUT2D eigenvalue weighted by Gasteiger charge is 2.58. The third kappa shape index (κ3) is 1.27. The third-order valence-corrected chi connectivity index (χ3v) is 2.93. The van der Waals surface area contributed by atoms with E-state index in [0.717, 1.165) is 0 Å². The van der Waals surface area contributed by atoms with Crippen LogP contribution in [0.1, 0.15) is 18.8 Å². The standard InChI is InChI=1S/C11H12ClN.ClH/c12-10-4-2-1-3-9(10)11-5-8(11)6-13-7-11;/h1-4,8,13H,5-7H2;1H/i5D2,6D2,8D;. The molecule has 1 aromatic rings. The first-order valence-electron chi connectivity index (χ1n) is 6.72. The summed E-state index contributed by atoms with van der Waals surface area (Å²) in [5, 5.41) is 2.99. The number of rotatable bonds is 1. The SMILES string of the molecule is Cl.[2H]C1([2H])NCC2(c3ccccc3Cl)C([2H])([2H])C12[2H]. The van der Waals surface area contributed by atoms with Gasteiger partial charge in [-0.3, -0.25) is 0 Å². The second kappa shape index (κ2) is 3.41. The molecule has 0 spiro atoms. The molecule has 0 aromatic heterocycles. The fraction of sp³-hybridized carbons (Fsp3) is 0.455. The number of hydrogen-bond acceptors (Lipinski definition) is 1. The van der Waals surface area contributed by atoms with Gasteiger partial charge in [0.25, 0.3) is 0 Å². The van der Waals surface area contributed by atoms with Crippen molar-refractivity contribution in [2.24, 2.45) is 5.89 Å². The second-order valence-electron chi connectivity index (χ2n) is 3.36. The lowest BCUT2D eigenvalue weighted by molar-refractivity contribution is 0.676. The second-order valence-corrected chi connectivity index (χ2v) is 3.77. The van der Waals surface area contributed by atoms with E-state index in [1.807, 2.05) is 0 Å². The first-order valence-corrected chi connectivity index (χ1v) is 4.60. The number of nitrogens with one attached hydrogen (secondary N) is 1. The minimum atomic E-state index is -2.06. The van der Waals surface area contributed by atoms with E-state index in [1.54, 1.807) is 24.3 Å². The van der Waals surface area contributed by atoms with E-state index < -0.39 is 24.2 Å². The van der Waals surface area contributed by atoms with Gasteiger partial charge in [-0.1, -0.05) is 29.8 Å². The fourth-order valence-corrected chi connectivity index (χ4v) is 2.12. The van der Waals surface area contributed by atoms with Gasteiger partial charge in [0.05, 0.1) is 0 Å². The predicted octanol–water partition coefficient (Wildman–Crippen LogP) is 2.62. The Bertz CT molecular complexity index is 538. The lowest BCUT2D eigenvalue weighted by Gasteiger charge is -2.13. The number of piperidine rings is 1. The molecule has 3 heteroatoms. The third-order valence-electron chi connectivity index (χ3n) is 2.60. The highest BCUT2D eigenvalue weighted by atomic mass is 35.5. The quantitative estimate of drug-likeness (QED) is 0.789. The van der Waals surface area contributed by atoms with Gasteiger partial charge in [-0.15, -0.1) is 12.4 Å². The molecular formula is C11H13Cl2N. The van der Waals surface area contributed by atoms with Gasteiger partial charge in [-0.25, -0.2) is 0 Å². The molecule has 1 saturated heterocycles. The molecule has 0 bridgehead atoms. The van der Waals surface area contributed by atoms with Gasteiger partial charge in [0.1, 0.15) is 0 Å².